The predicted molar refractivity (Wildman–Crippen MR) is 29.1 cm³/mol. The minimum absolute atomic E-state index is 0. The first-order chi connectivity index (χ1) is 2.91. The molecule has 0 amide bonds. The Kier molecular flexibility index (Phi) is 13.0. The molecule has 0 rings (SSSR count). The van der Waals surface area contributed by atoms with Crippen LogP contribution in [0, 0.1) is 0 Å². The van der Waals surface area contributed by atoms with Crippen LogP contribution in [0.3, 0.4) is 0 Å². The molecule has 0 saturated carbocycles. The monoisotopic (exact) mass is 114 g/mol. The van der Waals surface area contributed by atoms with Crippen LogP contribution in [0.1, 0.15) is 0 Å². The van der Waals surface area contributed by atoms with Gasteiger partial charge in [-0.2, -0.15) is 0 Å². The number of hydrogen-bond acceptors (Lipinski definition) is 4. The van der Waals surface area contributed by atoms with E-state index in [1.54, 1.807) is 0 Å². The summed E-state index contributed by atoms with van der Waals surface area (Å²) >= 11 is 0. The van der Waals surface area contributed by atoms with Crippen LogP contribution in [0.5, 0.6) is 0 Å². The number of nitrogens with zero attached hydrogens (tertiary/aromatic N) is 2. The van der Waals surface area contributed by atoms with Crippen LogP contribution in [-0.4, -0.2) is 45.9 Å². The third-order valence-electron chi connectivity index (χ3n) is 0.200. The van der Waals surface area contributed by atoms with Crippen LogP contribution in [-0.2, 0) is 0 Å². The van der Waals surface area contributed by atoms with Gasteiger partial charge in [-0.1, -0.05) is 10.3 Å². The Bertz CT molecular complexity index is 62.1. The first kappa shape index (κ1) is 9.86. The molecule has 0 aliphatic rings. The van der Waals surface area contributed by atoms with Gasteiger partial charge in [0.05, 0.1) is 12.4 Å². The highest BCUT2D eigenvalue weighted by atomic mass is 24.3. The molecule has 0 spiro atoms. The summed E-state index contributed by atoms with van der Waals surface area (Å²) in [5.74, 6) is 0. The van der Waals surface area contributed by atoms with Gasteiger partial charge in [0, 0.05) is 0 Å². The van der Waals surface area contributed by atoms with Crippen molar-refractivity contribution < 1.29 is 10.4 Å². The molecule has 7 heavy (non-hydrogen) atoms. The molecular weight excluding hydrogens is 108 g/mol. The normalized spacial score (nSPS) is 9.71. The summed E-state index contributed by atoms with van der Waals surface area (Å²) in [6.07, 6.45) is 1.89. The van der Waals surface area contributed by atoms with Crippen LogP contribution < -0.4 is 0 Å². The Labute approximate surface area is 56.7 Å². The van der Waals surface area contributed by atoms with Gasteiger partial charge in [-0.05, 0) is 0 Å². The van der Waals surface area contributed by atoms with Crippen molar-refractivity contribution in [2.45, 2.75) is 0 Å². The lowest BCUT2D eigenvalue weighted by Crippen LogP contribution is -1.70. The maximum atomic E-state index is 7.56. The molecule has 5 heteroatoms. The van der Waals surface area contributed by atoms with Gasteiger partial charge in [-0.15, -0.1) is 0 Å². The van der Waals surface area contributed by atoms with E-state index < -0.39 is 0 Å². The number of oxime groups is 2. The fraction of sp³-hybridized carbons (Fsp3) is 0. The van der Waals surface area contributed by atoms with Crippen LogP contribution in [0.25, 0.3) is 0 Å². The van der Waals surface area contributed by atoms with Crippen molar-refractivity contribution in [3.8, 4) is 0 Å². The highest BCUT2D eigenvalue weighted by Gasteiger charge is 1.54. The number of rotatable bonds is 1. The van der Waals surface area contributed by atoms with Gasteiger partial charge in [0.1, 0.15) is 0 Å². The molecule has 0 aromatic rings. The molecule has 4 nitrogen and oxygen atoms in total. The van der Waals surface area contributed by atoms with E-state index in [9.17, 15) is 0 Å². The molecule has 0 aromatic carbocycles. The fourth-order valence-corrected chi connectivity index (χ4v) is 0.0596. The molecule has 0 unspecified atom stereocenters. The van der Waals surface area contributed by atoms with Gasteiger partial charge in [0.15, 0.2) is 0 Å². The van der Waals surface area contributed by atoms with Crippen molar-refractivity contribution in [2.24, 2.45) is 10.3 Å². The Morgan fingerprint density at radius 3 is 1.43 bits per heavy atom. The highest BCUT2D eigenvalue weighted by molar-refractivity contribution is 6.15. The van der Waals surface area contributed by atoms with Crippen LogP contribution in [0.2, 0.25) is 0 Å². The molecule has 38 valence electrons. The van der Waals surface area contributed by atoms with Gasteiger partial charge in [-0.25, -0.2) is 0 Å². The fourth-order valence-electron chi connectivity index (χ4n) is 0.0596. The topological polar surface area (TPSA) is 65.2 Å². The largest absolute Gasteiger partial charge is 0.411 e. The van der Waals surface area contributed by atoms with Crippen molar-refractivity contribution in [3.05, 3.63) is 0 Å². The van der Waals surface area contributed by atoms with E-state index >= 15 is 0 Å². The van der Waals surface area contributed by atoms with Crippen LogP contribution >= 0.6 is 0 Å². The smallest absolute Gasteiger partial charge is 0.316 e. The summed E-state index contributed by atoms with van der Waals surface area (Å²) in [5.41, 5.74) is 0. The van der Waals surface area contributed by atoms with E-state index in [2.05, 4.69) is 10.3 Å². The quantitative estimate of drug-likeness (QED) is 0.199. The second-order valence-electron chi connectivity index (χ2n) is 0.529. The van der Waals surface area contributed by atoms with Gasteiger partial charge in [0.2, 0.25) is 0 Å². The van der Waals surface area contributed by atoms with E-state index in [0.29, 0.717) is 0 Å². The average molecular weight is 114 g/mol. The summed E-state index contributed by atoms with van der Waals surface area (Å²) in [4.78, 5) is 0. The van der Waals surface area contributed by atoms with Crippen LogP contribution in [0.4, 0.5) is 0 Å². The summed E-state index contributed by atoms with van der Waals surface area (Å²) in [5, 5.41) is 20.1. The molecule has 0 heterocycles. The molecule has 0 radical (unpaired) electrons. The van der Waals surface area contributed by atoms with Crippen molar-refractivity contribution in [1.29, 1.82) is 0 Å². The third kappa shape index (κ3) is 10.7. The zero-order valence-electron chi connectivity index (χ0n) is 2.94. The minimum Gasteiger partial charge on any atom is -0.411 e. The van der Waals surface area contributed by atoms with E-state index in [0.717, 1.165) is 12.4 Å². The van der Waals surface area contributed by atoms with E-state index in [1.807, 2.05) is 0 Å². The van der Waals surface area contributed by atoms with Gasteiger partial charge >= 0.3 is 23.1 Å². The molecule has 0 atom stereocenters. The van der Waals surface area contributed by atoms with E-state index in [-0.39, 0.29) is 23.1 Å². The lowest BCUT2D eigenvalue weighted by Gasteiger charge is -1.62. The molecule has 2 N–H and O–H groups in total. The minimum atomic E-state index is 0. The Hall–Kier alpha value is -0.294. The summed E-state index contributed by atoms with van der Waals surface area (Å²) in [7, 11) is 0. The first-order valence-corrected chi connectivity index (χ1v) is 1.25. The highest BCUT2D eigenvalue weighted by Crippen LogP contribution is 1.45. The predicted octanol–water partition coefficient (Wildman–Crippen LogP) is -1.01. The van der Waals surface area contributed by atoms with E-state index in [4.69, 9.17) is 10.4 Å². The molecule has 0 aromatic heterocycles. The molecular formula is C2H6MgN2O2. The molecule has 0 aliphatic heterocycles. The second-order valence-corrected chi connectivity index (χ2v) is 0.529. The number of hydrogen-bond donors (Lipinski definition) is 2. The molecule has 0 aliphatic carbocycles. The van der Waals surface area contributed by atoms with Crippen molar-refractivity contribution >= 4 is 35.5 Å². The van der Waals surface area contributed by atoms with Gasteiger partial charge < -0.3 is 10.4 Å². The molecule has 0 bridgehead atoms. The third-order valence-corrected chi connectivity index (χ3v) is 0.200. The molecule has 0 fully saturated rings. The standard InChI is InChI=1S/C2H4N2O2.Mg.2H/c5-3-1-2-4-6;;;/h1-2,5-6H;;;/b3-1+,4-2+;;;. The zero-order valence-corrected chi connectivity index (χ0v) is 2.94. The Morgan fingerprint density at radius 2 is 1.29 bits per heavy atom. The second kappa shape index (κ2) is 9.20. The lowest BCUT2D eigenvalue weighted by molar-refractivity contribution is 0.317. The lowest BCUT2D eigenvalue weighted by atomic mass is 10.8. The summed E-state index contributed by atoms with van der Waals surface area (Å²) < 4.78 is 0. The molecule has 0 saturated heterocycles. The Morgan fingerprint density at radius 1 is 1.00 bits per heavy atom. The SMILES string of the molecule is O/N=C/C=N/O.[MgH2]. The Balaban J connectivity index is 0. The maximum Gasteiger partial charge on any atom is 0.316 e. The average Bonchev–Trinajstić information content (AvgIpc) is 1.61. The first-order valence-electron chi connectivity index (χ1n) is 1.25. The van der Waals surface area contributed by atoms with Crippen molar-refractivity contribution in [2.75, 3.05) is 0 Å². The summed E-state index contributed by atoms with van der Waals surface area (Å²) in [6, 6.07) is 0. The van der Waals surface area contributed by atoms with Crippen molar-refractivity contribution in [1.82, 2.24) is 0 Å². The van der Waals surface area contributed by atoms with Crippen molar-refractivity contribution in [3.63, 3.8) is 0 Å². The zero-order chi connectivity index (χ0) is 4.83. The maximum absolute atomic E-state index is 7.56. The van der Waals surface area contributed by atoms with Gasteiger partial charge in [-0.3, -0.25) is 0 Å². The summed E-state index contributed by atoms with van der Waals surface area (Å²) in [6.45, 7) is 0. The van der Waals surface area contributed by atoms with Crippen LogP contribution in [0.15, 0.2) is 10.3 Å². The van der Waals surface area contributed by atoms with E-state index in [1.165, 1.54) is 0 Å². The van der Waals surface area contributed by atoms with Gasteiger partial charge in [0.25, 0.3) is 0 Å².